The maximum atomic E-state index is 10.7. The number of sulfone groups is 1. The van der Waals surface area contributed by atoms with Gasteiger partial charge >= 0.3 is 0 Å². The molecule has 53 valence electrons. The summed E-state index contributed by atoms with van der Waals surface area (Å²) in [5.41, 5.74) is 6.91. The first kappa shape index (κ1) is 7.02. The fourth-order valence-electron chi connectivity index (χ4n) is 1.03. The first-order chi connectivity index (χ1) is 4.14. The SMILES string of the molecule is [NH]CC1CCS(=O)(=O)C1. The normalized spacial score (nSPS) is 32.8. The summed E-state index contributed by atoms with van der Waals surface area (Å²) in [5.74, 6) is 0.669. The van der Waals surface area contributed by atoms with Gasteiger partial charge in [-0.2, -0.15) is 0 Å². The largest absolute Gasteiger partial charge is 0.258 e. The van der Waals surface area contributed by atoms with Crippen LogP contribution in [-0.4, -0.2) is 26.5 Å². The van der Waals surface area contributed by atoms with Crippen molar-refractivity contribution in [1.82, 2.24) is 5.73 Å². The zero-order chi connectivity index (χ0) is 6.91. The summed E-state index contributed by atoms with van der Waals surface area (Å²) in [6, 6.07) is 0. The van der Waals surface area contributed by atoms with Gasteiger partial charge in [-0.15, -0.1) is 0 Å². The fourth-order valence-corrected chi connectivity index (χ4v) is 2.89. The maximum Gasteiger partial charge on any atom is 0.150 e. The Morgan fingerprint density at radius 2 is 2.22 bits per heavy atom. The number of nitrogens with one attached hydrogen (secondary N) is 1. The van der Waals surface area contributed by atoms with E-state index in [1.807, 2.05) is 0 Å². The van der Waals surface area contributed by atoms with Crippen LogP contribution in [0, 0.1) is 5.92 Å². The molecule has 1 fully saturated rings. The van der Waals surface area contributed by atoms with Gasteiger partial charge in [-0.1, -0.05) is 0 Å². The summed E-state index contributed by atoms with van der Waals surface area (Å²) in [4.78, 5) is 0. The van der Waals surface area contributed by atoms with E-state index in [2.05, 4.69) is 0 Å². The second-order valence-electron chi connectivity index (χ2n) is 2.47. The Bertz CT molecular complexity index is 185. The average molecular weight is 148 g/mol. The van der Waals surface area contributed by atoms with E-state index in [1.54, 1.807) is 0 Å². The Balaban J connectivity index is 2.58. The van der Waals surface area contributed by atoms with Crippen molar-refractivity contribution in [3.8, 4) is 0 Å². The quantitative estimate of drug-likeness (QED) is 0.512. The molecule has 1 atom stereocenters. The van der Waals surface area contributed by atoms with E-state index in [1.165, 1.54) is 0 Å². The van der Waals surface area contributed by atoms with Crippen LogP contribution in [0.3, 0.4) is 0 Å². The third kappa shape index (κ3) is 1.66. The molecule has 0 aromatic carbocycles. The molecule has 3 nitrogen and oxygen atoms in total. The lowest BCUT2D eigenvalue weighted by Gasteiger charge is -1.97. The molecule has 4 heteroatoms. The van der Waals surface area contributed by atoms with Crippen LogP contribution in [0.2, 0.25) is 0 Å². The topological polar surface area (TPSA) is 57.9 Å². The zero-order valence-electron chi connectivity index (χ0n) is 5.13. The minimum Gasteiger partial charge on any atom is -0.258 e. The van der Waals surface area contributed by atoms with Gasteiger partial charge in [0, 0.05) is 6.54 Å². The highest BCUT2D eigenvalue weighted by Gasteiger charge is 2.26. The molecule has 0 aromatic heterocycles. The van der Waals surface area contributed by atoms with Gasteiger partial charge in [0.25, 0.3) is 0 Å². The van der Waals surface area contributed by atoms with Crippen molar-refractivity contribution >= 4 is 9.84 Å². The fraction of sp³-hybridized carbons (Fsp3) is 1.00. The molecule has 1 rings (SSSR count). The van der Waals surface area contributed by atoms with E-state index in [4.69, 9.17) is 5.73 Å². The Morgan fingerprint density at radius 3 is 2.44 bits per heavy atom. The van der Waals surface area contributed by atoms with Crippen LogP contribution < -0.4 is 5.73 Å². The van der Waals surface area contributed by atoms with Gasteiger partial charge < -0.3 is 0 Å². The van der Waals surface area contributed by atoms with E-state index in [9.17, 15) is 8.42 Å². The van der Waals surface area contributed by atoms with Crippen molar-refractivity contribution in [3.05, 3.63) is 0 Å². The lowest BCUT2D eigenvalue weighted by molar-refractivity contribution is 0.587. The molecule has 1 radical (unpaired) electrons. The molecule has 0 spiro atoms. The van der Waals surface area contributed by atoms with Crippen LogP contribution in [0.4, 0.5) is 0 Å². The Labute approximate surface area is 55.2 Å². The monoisotopic (exact) mass is 148 g/mol. The van der Waals surface area contributed by atoms with Gasteiger partial charge in [-0.3, -0.25) is 5.73 Å². The molecular formula is C5H10NO2S. The third-order valence-electron chi connectivity index (χ3n) is 1.62. The molecule has 1 saturated heterocycles. The van der Waals surface area contributed by atoms with Crippen molar-refractivity contribution in [2.45, 2.75) is 6.42 Å². The molecule has 1 N–H and O–H groups in total. The molecule has 0 amide bonds. The highest BCUT2D eigenvalue weighted by atomic mass is 32.2. The summed E-state index contributed by atoms with van der Waals surface area (Å²) in [7, 11) is -2.73. The molecular weight excluding hydrogens is 138 g/mol. The number of hydrogen-bond acceptors (Lipinski definition) is 2. The lowest BCUT2D eigenvalue weighted by Crippen LogP contribution is -2.08. The minimum atomic E-state index is -2.73. The van der Waals surface area contributed by atoms with Crippen LogP contribution in [0.25, 0.3) is 0 Å². The van der Waals surface area contributed by atoms with Crippen LogP contribution in [0.1, 0.15) is 6.42 Å². The van der Waals surface area contributed by atoms with Crippen LogP contribution in [-0.2, 0) is 9.84 Å². The highest BCUT2D eigenvalue weighted by Crippen LogP contribution is 2.16. The van der Waals surface area contributed by atoms with Gasteiger partial charge in [0.2, 0.25) is 0 Å². The predicted molar refractivity (Wildman–Crippen MR) is 34.7 cm³/mol. The van der Waals surface area contributed by atoms with Gasteiger partial charge in [-0.25, -0.2) is 8.42 Å². The molecule has 1 unspecified atom stereocenters. The van der Waals surface area contributed by atoms with Gasteiger partial charge in [-0.05, 0) is 12.3 Å². The van der Waals surface area contributed by atoms with Crippen molar-refractivity contribution in [1.29, 1.82) is 0 Å². The van der Waals surface area contributed by atoms with Crippen molar-refractivity contribution < 1.29 is 8.42 Å². The van der Waals surface area contributed by atoms with Gasteiger partial charge in [0.1, 0.15) is 0 Å². The summed E-state index contributed by atoms with van der Waals surface area (Å²) in [6.45, 7) is 0.263. The van der Waals surface area contributed by atoms with Crippen LogP contribution in [0.15, 0.2) is 0 Å². The molecule has 0 aromatic rings. The van der Waals surface area contributed by atoms with E-state index >= 15 is 0 Å². The summed E-state index contributed by atoms with van der Waals surface area (Å²) in [5, 5.41) is 0. The second-order valence-corrected chi connectivity index (χ2v) is 4.70. The highest BCUT2D eigenvalue weighted by molar-refractivity contribution is 7.91. The van der Waals surface area contributed by atoms with E-state index in [-0.39, 0.29) is 18.2 Å². The molecule has 0 aliphatic carbocycles. The zero-order valence-corrected chi connectivity index (χ0v) is 5.95. The minimum absolute atomic E-state index is 0.120. The molecule has 1 aliphatic heterocycles. The lowest BCUT2D eigenvalue weighted by atomic mass is 10.1. The Hall–Kier alpha value is -0.0900. The molecule has 1 aliphatic rings. The summed E-state index contributed by atoms with van der Waals surface area (Å²) < 4.78 is 21.4. The van der Waals surface area contributed by atoms with Crippen LogP contribution >= 0.6 is 0 Å². The predicted octanol–water partition coefficient (Wildman–Crippen LogP) is -0.296. The van der Waals surface area contributed by atoms with Gasteiger partial charge in [0.05, 0.1) is 11.5 Å². The first-order valence-electron chi connectivity index (χ1n) is 2.99. The molecule has 0 bridgehead atoms. The van der Waals surface area contributed by atoms with E-state index in [0.717, 1.165) is 0 Å². The smallest absolute Gasteiger partial charge is 0.150 e. The molecule has 0 saturated carbocycles. The number of hydrogen-bond donors (Lipinski definition) is 0. The second kappa shape index (κ2) is 2.27. The third-order valence-corrected chi connectivity index (χ3v) is 3.45. The maximum absolute atomic E-state index is 10.7. The van der Waals surface area contributed by atoms with Gasteiger partial charge in [0.15, 0.2) is 9.84 Å². The average Bonchev–Trinajstić information content (AvgIpc) is 2.10. The van der Waals surface area contributed by atoms with E-state index in [0.29, 0.717) is 12.2 Å². The number of rotatable bonds is 1. The molecule has 9 heavy (non-hydrogen) atoms. The van der Waals surface area contributed by atoms with Crippen LogP contribution in [0.5, 0.6) is 0 Å². The summed E-state index contributed by atoms with van der Waals surface area (Å²) in [6.07, 6.45) is 0.700. The molecule has 1 heterocycles. The summed E-state index contributed by atoms with van der Waals surface area (Å²) >= 11 is 0. The standard InChI is InChI=1S/C5H10NO2S/c6-3-5-1-2-9(7,8)4-5/h5-6H,1-4H2. The first-order valence-corrected chi connectivity index (χ1v) is 4.81. The van der Waals surface area contributed by atoms with E-state index < -0.39 is 9.84 Å². The Morgan fingerprint density at radius 1 is 1.56 bits per heavy atom. The Kier molecular flexibility index (Phi) is 1.77. The van der Waals surface area contributed by atoms with Crippen molar-refractivity contribution in [2.75, 3.05) is 18.1 Å². The van der Waals surface area contributed by atoms with Crippen molar-refractivity contribution in [3.63, 3.8) is 0 Å². The van der Waals surface area contributed by atoms with Crippen molar-refractivity contribution in [2.24, 2.45) is 5.92 Å².